The standard InChI is InChI=1S/C28H28ClN9O2/c1-36-21-8-9-32-13-20(21)34-27(36)28(40)35-19-6-2-4-16(18(19)12-30)17-5-3-7-22(25(17)29)38-23(26(31)39)15-37-11-10-33-14-24(37)38/h2-7,15,24,32-33H,8-11,13-14H2,1H3,(H2,31,39)(H,35,40). The molecule has 1 unspecified atom stereocenters. The van der Waals surface area contributed by atoms with E-state index in [9.17, 15) is 14.9 Å². The van der Waals surface area contributed by atoms with E-state index in [2.05, 4.69) is 31.9 Å². The van der Waals surface area contributed by atoms with Gasteiger partial charge in [-0.1, -0.05) is 35.9 Å². The molecule has 4 heterocycles. The number of hydrogen-bond acceptors (Lipinski definition) is 8. The smallest absolute Gasteiger partial charge is 0.291 e. The maximum atomic E-state index is 13.3. The molecule has 204 valence electrons. The number of primary amides is 1. The average molecular weight is 558 g/mol. The summed E-state index contributed by atoms with van der Waals surface area (Å²) in [4.78, 5) is 34.1. The summed E-state index contributed by atoms with van der Waals surface area (Å²) in [6.07, 6.45) is 2.40. The molecule has 12 heteroatoms. The number of aromatic nitrogens is 2. The molecule has 3 aliphatic heterocycles. The number of carbonyl (C=O) groups is 2. The summed E-state index contributed by atoms with van der Waals surface area (Å²) >= 11 is 7.01. The van der Waals surface area contributed by atoms with Crippen molar-refractivity contribution < 1.29 is 9.59 Å². The lowest BCUT2D eigenvalue weighted by Crippen LogP contribution is -2.54. The molecule has 0 radical (unpaired) electrons. The second kappa shape index (κ2) is 10.3. The number of carbonyl (C=O) groups excluding carboxylic acids is 2. The van der Waals surface area contributed by atoms with E-state index in [1.807, 2.05) is 34.7 Å². The Morgan fingerprint density at radius 2 is 1.98 bits per heavy atom. The van der Waals surface area contributed by atoms with Crippen LogP contribution in [-0.2, 0) is 24.8 Å². The molecule has 1 saturated heterocycles. The topological polar surface area (TPSA) is 144 Å². The Bertz CT molecular complexity index is 1610. The fraction of sp³-hybridized carbons (Fsp3) is 0.286. The van der Waals surface area contributed by atoms with Gasteiger partial charge in [0.1, 0.15) is 17.9 Å². The van der Waals surface area contributed by atoms with E-state index < -0.39 is 11.8 Å². The molecule has 1 atom stereocenters. The number of nitrogens with one attached hydrogen (secondary N) is 3. The highest BCUT2D eigenvalue weighted by Gasteiger charge is 2.38. The molecule has 6 rings (SSSR count). The van der Waals surface area contributed by atoms with Gasteiger partial charge >= 0.3 is 0 Å². The number of nitrogens with two attached hydrogens (primary N) is 1. The molecule has 2 amide bonds. The van der Waals surface area contributed by atoms with Gasteiger partial charge in [-0.15, -0.1) is 0 Å². The number of benzene rings is 2. The maximum absolute atomic E-state index is 13.3. The highest BCUT2D eigenvalue weighted by Crippen LogP contribution is 2.42. The number of nitrogens with zero attached hydrogens (tertiary/aromatic N) is 5. The first kappa shape index (κ1) is 25.9. The van der Waals surface area contributed by atoms with Crippen molar-refractivity contribution in [2.45, 2.75) is 19.1 Å². The molecule has 0 aliphatic carbocycles. The third-order valence-electron chi connectivity index (χ3n) is 7.64. The van der Waals surface area contributed by atoms with Crippen LogP contribution in [0.2, 0.25) is 5.02 Å². The SMILES string of the molecule is Cn1c(C(=O)Nc2cccc(-c3cccc(N4C(C(N)=O)=CN5CCNCC54)c3Cl)c2C#N)nc2c1CCNC2. The van der Waals surface area contributed by atoms with Crippen LogP contribution in [-0.4, -0.2) is 58.6 Å². The first-order chi connectivity index (χ1) is 19.4. The van der Waals surface area contributed by atoms with E-state index in [1.54, 1.807) is 24.4 Å². The lowest BCUT2D eigenvalue weighted by atomic mass is 9.97. The van der Waals surface area contributed by atoms with E-state index in [1.165, 1.54) is 0 Å². The first-order valence-corrected chi connectivity index (χ1v) is 13.4. The summed E-state index contributed by atoms with van der Waals surface area (Å²) in [6.45, 7) is 3.58. The van der Waals surface area contributed by atoms with Gasteiger partial charge in [0.25, 0.3) is 11.8 Å². The molecule has 40 heavy (non-hydrogen) atoms. The number of piperazine rings is 1. The van der Waals surface area contributed by atoms with Crippen LogP contribution in [0.3, 0.4) is 0 Å². The van der Waals surface area contributed by atoms with Crippen molar-refractivity contribution in [3.05, 3.63) is 76.1 Å². The fourth-order valence-corrected chi connectivity index (χ4v) is 6.02. The highest BCUT2D eigenvalue weighted by molar-refractivity contribution is 6.36. The molecular formula is C28H28ClN9O2. The van der Waals surface area contributed by atoms with Gasteiger partial charge in [0, 0.05) is 69.2 Å². The second-order valence-corrected chi connectivity index (χ2v) is 10.3. The molecule has 5 N–H and O–H groups in total. The molecule has 1 aromatic heterocycles. The number of amides is 2. The molecule has 0 spiro atoms. The third kappa shape index (κ3) is 4.26. The molecule has 0 saturated carbocycles. The minimum absolute atomic E-state index is 0.163. The maximum Gasteiger partial charge on any atom is 0.291 e. The Hall–Kier alpha value is -4.37. The zero-order valence-corrected chi connectivity index (χ0v) is 22.6. The zero-order chi connectivity index (χ0) is 28.0. The Labute approximate surface area is 236 Å². The molecule has 3 aliphatic rings. The number of fused-ring (bicyclic) bond motifs is 2. The average Bonchev–Trinajstić information content (AvgIpc) is 3.52. The van der Waals surface area contributed by atoms with E-state index in [4.69, 9.17) is 17.3 Å². The van der Waals surface area contributed by atoms with Crippen LogP contribution in [0.1, 0.15) is 27.6 Å². The molecule has 3 aromatic rings. The van der Waals surface area contributed by atoms with Crippen LogP contribution >= 0.6 is 11.6 Å². The lowest BCUT2D eigenvalue weighted by molar-refractivity contribution is -0.114. The monoisotopic (exact) mass is 557 g/mol. The minimum atomic E-state index is -0.551. The lowest BCUT2D eigenvalue weighted by Gasteiger charge is -2.37. The highest BCUT2D eigenvalue weighted by atomic mass is 35.5. The predicted octanol–water partition coefficient (Wildman–Crippen LogP) is 1.89. The van der Waals surface area contributed by atoms with Crippen molar-refractivity contribution in [1.82, 2.24) is 25.1 Å². The van der Waals surface area contributed by atoms with Crippen molar-refractivity contribution in [3.8, 4) is 17.2 Å². The third-order valence-corrected chi connectivity index (χ3v) is 8.04. The van der Waals surface area contributed by atoms with E-state index in [0.29, 0.717) is 46.3 Å². The summed E-state index contributed by atoms with van der Waals surface area (Å²) < 4.78 is 1.81. The number of nitriles is 1. The van der Waals surface area contributed by atoms with E-state index in [-0.39, 0.29) is 17.6 Å². The number of halogens is 1. The summed E-state index contributed by atoms with van der Waals surface area (Å²) in [5.74, 6) is -0.665. The van der Waals surface area contributed by atoms with Gasteiger partial charge < -0.3 is 36.1 Å². The number of hydrogen-bond donors (Lipinski definition) is 4. The Kier molecular flexibility index (Phi) is 6.67. The van der Waals surface area contributed by atoms with Crippen LogP contribution in [0.15, 0.2) is 48.3 Å². The molecular weight excluding hydrogens is 530 g/mol. The van der Waals surface area contributed by atoms with Crippen LogP contribution in [0.25, 0.3) is 11.1 Å². The van der Waals surface area contributed by atoms with Crippen molar-refractivity contribution in [2.75, 3.05) is 36.4 Å². The largest absolute Gasteiger partial charge is 0.364 e. The summed E-state index contributed by atoms with van der Waals surface area (Å²) in [6, 6.07) is 12.9. The van der Waals surface area contributed by atoms with Gasteiger partial charge in [-0.05, 0) is 12.1 Å². The Morgan fingerprint density at radius 3 is 2.75 bits per heavy atom. The van der Waals surface area contributed by atoms with Crippen molar-refractivity contribution in [1.29, 1.82) is 5.26 Å². The van der Waals surface area contributed by atoms with Gasteiger partial charge in [-0.3, -0.25) is 9.59 Å². The minimum Gasteiger partial charge on any atom is -0.364 e. The molecule has 2 aromatic carbocycles. The molecule has 11 nitrogen and oxygen atoms in total. The van der Waals surface area contributed by atoms with Crippen molar-refractivity contribution in [3.63, 3.8) is 0 Å². The summed E-state index contributed by atoms with van der Waals surface area (Å²) in [7, 11) is 1.83. The Balaban J connectivity index is 1.36. The fourth-order valence-electron chi connectivity index (χ4n) is 5.70. The number of anilines is 2. The summed E-state index contributed by atoms with van der Waals surface area (Å²) in [5.41, 5.74) is 10.4. The van der Waals surface area contributed by atoms with E-state index >= 15 is 0 Å². The van der Waals surface area contributed by atoms with Crippen molar-refractivity contribution in [2.24, 2.45) is 12.8 Å². The van der Waals surface area contributed by atoms with Crippen LogP contribution < -0.4 is 26.6 Å². The van der Waals surface area contributed by atoms with Gasteiger partial charge in [-0.2, -0.15) is 5.26 Å². The molecule has 0 bridgehead atoms. The quantitative estimate of drug-likeness (QED) is 0.372. The number of imidazole rings is 1. The van der Waals surface area contributed by atoms with Crippen LogP contribution in [0.5, 0.6) is 0 Å². The summed E-state index contributed by atoms with van der Waals surface area (Å²) in [5, 5.41) is 20.1. The van der Waals surface area contributed by atoms with Crippen LogP contribution in [0, 0.1) is 11.3 Å². The normalized spacial score (nSPS) is 18.0. The first-order valence-electron chi connectivity index (χ1n) is 13.0. The molecule has 1 fully saturated rings. The van der Waals surface area contributed by atoms with Gasteiger partial charge in [0.05, 0.1) is 27.7 Å². The Morgan fingerprint density at radius 1 is 1.18 bits per heavy atom. The van der Waals surface area contributed by atoms with Gasteiger partial charge in [0.2, 0.25) is 0 Å². The van der Waals surface area contributed by atoms with Crippen LogP contribution in [0.4, 0.5) is 11.4 Å². The van der Waals surface area contributed by atoms with Gasteiger partial charge in [0.15, 0.2) is 5.82 Å². The van der Waals surface area contributed by atoms with Gasteiger partial charge in [-0.25, -0.2) is 4.98 Å². The van der Waals surface area contributed by atoms with Crippen molar-refractivity contribution >= 4 is 34.8 Å². The van der Waals surface area contributed by atoms with E-state index in [0.717, 1.165) is 37.4 Å². The predicted molar refractivity (Wildman–Crippen MR) is 151 cm³/mol. The second-order valence-electron chi connectivity index (χ2n) is 9.92. The zero-order valence-electron chi connectivity index (χ0n) is 21.9. The number of rotatable bonds is 5.